The van der Waals surface area contributed by atoms with Gasteiger partial charge in [-0.3, -0.25) is 5.10 Å². The Balaban J connectivity index is 1.78. The third kappa shape index (κ3) is 3.40. The standard InChI is InChI=1S/C14H16F2N4O2S/c15-13(16)11-5-3-10(4-6-11)8-23(21,22)20-7-1-2-12(20)14-17-9-18-19-14/h3-6,9,12-13H,1-2,7-8H2,(H,17,18,19)/t12-/m1/s1. The number of nitrogens with zero attached hydrogens (tertiary/aromatic N) is 3. The zero-order valence-electron chi connectivity index (χ0n) is 12.2. The summed E-state index contributed by atoms with van der Waals surface area (Å²) >= 11 is 0. The molecule has 6 nitrogen and oxygen atoms in total. The Morgan fingerprint density at radius 2 is 2.04 bits per heavy atom. The van der Waals surface area contributed by atoms with Gasteiger partial charge in [0.2, 0.25) is 10.0 Å². The maximum atomic E-state index is 12.6. The maximum absolute atomic E-state index is 12.6. The van der Waals surface area contributed by atoms with Gasteiger partial charge in [-0.15, -0.1) is 0 Å². The lowest BCUT2D eigenvalue weighted by atomic mass is 10.2. The van der Waals surface area contributed by atoms with Crippen LogP contribution in [-0.4, -0.2) is 34.4 Å². The van der Waals surface area contributed by atoms with Crippen molar-refractivity contribution >= 4 is 10.0 Å². The highest BCUT2D eigenvalue weighted by molar-refractivity contribution is 7.88. The summed E-state index contributed by atoms with van der Waals surface area (Å²) in [4.78, 5) is 4.04. The second kappa shape index (κ2) is 6.32. The Kier molecular flexibility index (Phi) is 4.40. The van der Waals surface area contributed by atoms with Crippen molar-refractivity contribution in [1.82, 2.24) is 19.5 Å². The third-order valence-corrected chi connectivity index (χ3v) is 5.74. The lowest BCUT2D eigenvalue weighted by molar-refractivity contribution is 0.151. The molecule has 3 rings (SSSR count). The molecule has 1 N–H and O–H groups in total. The largest absolute Gasteiger partial charge is 0.263 e. The Labute approximate surface area is 132 Å². The van der Waals surface area contributed by atoms with Crippen molar-refractivity contribution in [3.05, 3.63) is 47.5 Å². The van der Waals surface area contributed by atoms with Crippen LogP contribution < -0.4 is 0 Å². The molecule has 23 heavy (non-hydrogen) atoms. The zero-order valence-corrected chi connectivity index (χ0v) is 13.0. The molecule has 1 fully saturated rings. The van der Waals surface area contributed by atoms with E-state index in [0.717, 1.165) is 6.42 Å². The summed E-state index contributed by atoms with van der Waals surface area (Å²) in [5, 5.41) is 6.48. The van der Waals surface area contributed by atoms with Crippen LogP contribution in [0.4, 0.5) is 8.78 Å². The smallest absolute Gasteiger partial charge is 0.262 e. The molecule has 2 heterocycles. The molecule has 0 spiro atoms. The first-order valence-electron chi connectivity index (χ1n) is 7.19. The minimum atomic E-state index is -3.56. The maximum Gasteiger partial charge on any atom is 0.263 e. The van der Waals surface area contributed by atoms with Crippen LogP contribution in [0.2, 0.25) is 0 Å². The van der Waals surface area contributed by atoms with Crippen LogP contribution >= 0.6 is 0 Å². The fourth-order valence-corrected chi connectivity index (χ4v) is 4.55. The molecule has 0 aliphatic carbocycles. The quantitative estimate of drug-likeness (QED) is 0.905. The molecule has 124 valence electrons. The number of sulfonamides is 1. The van der Waals surface area contributed by atoms with E-state index in [1.165, 1.54) is 34.9 Å². The van der Waals surface area contributed by atoms with Crippen LogP contribution in [-0.2, 0) is 15.8 Å². The van der Waals surface area contributed by atoms with Gasteiger partial charge in [0.15, 0.2) is 0 Å². The minimum Gasteiger partial charge on any atom is -0.262 e. The third-order valence-electron chi connectivity index (χ3n) is 3.89. The van der Waals surface area contributed by atoms with Gasteiger partial charge in [0.05, 0.1) is 11.8 Å². The average Bonchev–Trinajstić information content (AvgIpc) is 3.18. The molecule has 0 radical (unpaired) electrons. The topological polar surface area (TPSA) is 79.0 Å². The Morgan fingerprint density at radius 1 is 1.30 bits per heavy atom. The molecule has 1 aliphatic heterocycles. The van der Waals surface area contributed by atoms with Gasteiger partial charge in [0.25, 0.3) is 6.43 Å². The number of benzene rings is 1. The Morgan fingerprint density at radius 3 is 2.65 bits per heavy atom. The molecule has 0 saturated carbocycles. The second-order valence-electron chi connectivity index (χ2n) is 5.44. The van der Waals surface area contributed by atoms with E-state index in [0.29, 0.717) is 24.4 Å². The van der Waals surface area contributed by atoms with E-state index < -0.39 is 16.4 Å². The Bertz CT molecular complexity index is 748. The van der Waals surface area contributed by atoms with Gasteiger partial charge in [-0.25, -0.2) is 22.2 Å². The van der Waals surface area contributed by atoms with Crippen LogP contribution in [0.15, 0.2) is 30.6 Å². The van der Waals surface area contributed by atoms with Gasteiger partial charge in [0.1, 0.15) is 12.2 Å². The fourth-order valence-electron chi connectivity index (χ4n) is 2.77. The highest BCUT2D eigenvalue weighted by Gasteiger charge is 2.36. The van der Waals surface area contributed by atoms with Gasteiger partial charge >= 0.3 is 0 Å². The molecule has 1 aromatic heterocycles. The second-order valence-corrected chi connectivity index (χ2v) is 7.36. The predicted molar refractivity (Wildman–Crippen MR) is 79.1 cm³/mol. The number of alkyl halides is 2. The summed E-state index contributed by atoms with van der Waals surface area (Å²) < 4.78 is 51.8. The number of rotatable bonds is 5. The van der Waals surface area contributed by atoms with Gasteiger partial charge < -0.3 is 0 Å². The minimum absolute atomic E-state index is 0.119. The van der Waals surface area contributed by atoms with E-state index in [9.17, 15) is 17.2 Å². The molecule has 9 heteroatoms. The number of hydrogen-bond acceptors (Lipinski definition) is 4. The molecule has 0 amide bonds. The van der Waals surface area contributed by atoms with Gasteiger partial charge in [-0.2, -0.15) is 9.40 Å². The molecule has 2 aromatic rings. The van der Waals surface area contributed by atoms with Crippen LogP contribution in [0.25, 0.3) is 0 Å². The molecule has 1 aliphatic rings. The number of halogens is 2. The van der Waals surface area contributed by atoms with Gasteiger partial charge in [0, 0.05) is 12.1 Å². The van der Waals surface area contributed by atoms with Gasteiger partial charge in [-0.1, -0.05) is 24.3 Å². The lowest BCUT2D eigenvalue weighted by Gasteiger charge is -2.22. The average molecular weight is 342 g/mol. The highest BCUT2D eigenvalue weighted by Crippen LogP contribution is 2.33. The lowest BCUT2D eigenvalue weighted by Crippen LogP contribution is -2.32. The van der Waals surface area contributed by atoms with Crippen molar-refractivity contribution in [2.75, 3.05) is 6.54 Å². The van der Waals surface area contributed by atoms with Crippen molar-refractivity contribution in [3.63, 3.8) is 0 Å². The highest BCUT2D eigenvalue weighted by atomic mass is 32.2. The zero-order chi connectivity index (χ0) is 16.4. The van der Waals surface area contributed by atoms with E-state index in [1.807, 2.05) is 0 Å². The van der Waals surface area contributed by atoms with Crippen LogP contribution in [0.5, 0.6) is 0 Å². The van der Waals surface area contributed by atoms with Crippen LogP contribution in [0.3, 0.4) is 0 Å². The number of hydrogen-bond donors (Lipinski definition) is 1. The van der Waals surface area contributed by atoms with Crippen molar-refractivity contribution in [2.24, 2.45) is 0 Å². The van der Waals surface area contributed by atoms with Crippen LogP contribution in [0.1, 0.15) is 42.3 Å². The van der Waals surface area contributed by atoms with E-state index in [2.05, 4.69) is 15.2 Å². The number of nitrogens with one attached hydrogen (secondary N) is 1. The van der Waals surface area contributed by atoms with E-state index in [1.54, 1.807) is 0 Å². The van der Waals surface area contributed by atoms with E-state index in [4.69, 9.17) is 0 Å². The molecule has 1 saturated heterocycles. The first-order chi connectivity index (χ1) is 11.0. The summed E-state index contributed by atoms with van der Waals surface area (Å²) in [7, 11) is -3.56. The molecular formula is C14H16F2N4O2S. The molecule has 1 aromatic carbocycles. The number of aromatic amines is 1. The normalized spacial score (nSPS) is 19.5. The monoisotopic (exact) mass is 342 g/mol. The summed E-state index contributed by atoms with van der Waals surface area (Å²) in [6, 6.07) is 5.03. The Hall–Kier alpha value is -1.87. The summed E-state index contributed by atoms with van der Waals surface area (Å²) in [5.74, 6) is 0.306. The summed E-state index contributed by atoms with van der Waals surface area (Å²) in [6.07, 6.45) is 0.213. The van der Waals surface area contributed by atoms with E-state index in [-0.39, 0.29) is 17.4 Å². The van der Waals surface area contributed by atoms with Crippen molar-refractivity contribution in [1.29, 1.82) is 0 Å². The fraction of sp³-hybridized carbons (Fsp3) is 0.429. The van der Waals surface area contributed by atoms with Crippen molar-refractivity contribution < 1.29 is 17.2 Å². The van der Waals surface area contributed by atoms with Crippen LogP contribution in [0, 0.1) is 0 Å². The molecule has 0 unspecified atom stereocenters. The first-order valence-corrected chi connectivity index (χ1v) is 8.80. The first kappa shape index (κ1) is 16.0. The summed E-state index contributed by atoms with van der Waals surface area (Å²) in [6.45, 7) is 0.419. The number of H-pyrrole nitrogens is 1. The van der Waals surface area contributed by atoms with Crippen molar-refractivity contribution in [2.45, 2.75) is 31.1 Å². The molecule has 1 atom stereocenters. The molecule has 0 bridgehead atoms. The predicted octanol–water partition coefficient (Wildman–Crippen LogP) is 2.41. The van der Waals surface area contributed by atoms with E-state index >= 15 is 0 Å². The molecular weight excluding hydrogens is 326 g/mol. The summed E-state index contributed by atoms with van der Waals surface area (Å²) in [5.41, 5.74) is 0.365. The SMILES string of the molecule is O=S(=O)(Cc1ccc(C(F)F)cc1)N1CCC[C@@H]1c1ncn[nH]1. The van der Waals surface area contributed by atoms with Crippen molar-refractivity contribution in [3.8, 4) is 0 Å². The van der Waals surface area contributed by atoms with Gasteiger partial charge in [-0.05, 0) is 18.4 Å². The number of aromatic nitrogens is 3.